The van der Waals surface area contributed by atoms with Gasteiger partial charge in [-0.3, -0.25) is 19.4 Å². The Morgan fingerprint density at radius 1 is 0.678 bits per heavy atom. The number of hydrogen-bond donors (Lipinski definition) is 2. The lowest BCUT2D eigenvalue weighted by Crippen LogP contribution is -2.53. The third kappa shape index (κ3) is 28.1. The number of rotatable bonds is 47. The van der Waals surface area contributed by atoms with E-state index in [1.165, 1.54) is 10.5 Å². The summed E-state index contributed by atoms with van der Waals surface area (Å²) in [5.41, 5.74) is 9.39. The van der Waals surface area contributed by atoms with Gasteiger partial charge in [-0.15, -0.1) is 0 Å². The third-order valence-electron chi connectivity index (χ3n) is 13.6. The molecule has 0 spiro atoms. The van der Waals surface area contributed by atoms with Gasteiger partial charge in [0.15, 0.2) is 11.6 Å². The van der Waals surface area contributed by atoms with Gasteiger partial charge in [0.05, 0.1) is 144 Å². The van der Waals surface area contributed by atoms with E-state index in [0.717, 1.165) is 18.5 Å². The molecule has 2 amide bonds. The number of fused-ring (bicyclic) bond motifs is 1. The molecule has 0 bridgehead atoms. The highest BCUT2D eigenvalue weighted by Gasteiger charge is 2.37. The third-order valence-corrected chi connectivity index (χ3v) is 15.3. The van der Waals surface area contributed by atoms with Crippen molar-refractivity contribution in [2.75, 3.05) is 185 Å². The number of amidine groups is 1. The number of pyridine rings is 1. The average Bonchev–Trinajstić information content (AvgIpc) is 0.879. The molecule has 2 aliphatic rings. The fraction of sp³-hybridized carbons (Fsp3) is 0.629. The Labute approximate surface area is 526 Å². The molecule has 0 radical (unpaired) electrons. The van der Waals surface area contributed by atoms with Crippen LogP contribution in [-0.4, -0.2) is 236 Å². The van der Waals surface area contributed by atoms with Gasteiger partial charge in [0.2, 0.25) is 39.2 Å². The van der Waals surface area contributed by atoms with E-state index in [4.69, 9.17) is 53.1 Å². The minimum absolute atomic E-state index is 0.00531. The van der Waals surface area contributed by atoms with Crippen molar-refractivity contribution < 1.29 is 92.5 Å². The number of hydrogen-bond acceptors (Lipinski definition) is 20. The molecule has 1 fully saturated rings. The molecule has 2 aromatic carbocycles. The zero-order valence-corrected chi connectivity index (χ0v) is 53.4. The summed E-state index contributed by atoms with van der Waals surface area (Å²) in [6.07, 6.45) is 6.40. The summed E-state index contributed by atoms with van der Waals surface area (Å²) in [5, 5.41) is 2.97. The second-order valence-electron chi connectivity index (χ2n) is 22.5. The molecule has 3 heterocycles. The summed E-state index contributed by atoms with van der Waals surface area (Å²) < 4.78 is 142. The number of ether oxygens (including phenoxy) is 11. The van der Waals surface area contributed by atoms with Crippen LogP contribution >= 0.6 is 0 Å². The highest BCUT2D eigenvalue weighted by atomic mass is 32.2. The summed E-state index contributed by atoms with van der Waals surface area (Å²) in [4.78, 5) is 50.9. The van der Waals surface area contributed by atoms with Crippen LogP contribution in [0.1, 0.15) is 65.4 Å². The van der Waals surface area contributed by atoms with Crippen LogP contribution in [0.4, 0.5) is 23.2 Å². The molecule has 3 N–H and O–H groups in total. The van der Waals surface area contributed by atoms with Crippen molar-refractivity contribution in [3.8, 4) is 16.9 Å². The molecule has 0 atom stereocenters. The van der Waals surface area contributed by atoms with Crippen molar-refractivity contribution >= 4 is 45.4 Å². The highest BCUT2D eigenvalue weighted by molar-refractivity contribution is 7.89. The van der Waals surface area contributed by atoms with Gasteiger partial charge in [0, 0.05) is 93.8 Å². The van der Waals surface area contributed by atoms with Crippen LogP contribution in [0.5, 0.6) is 5.75 Å². The molecule has 1 aromatic heterocycles. The van der Waals surface area contributed by atoms with Crippen molar-refractivity contribution in [1.82, 2.24) is 24.4 Å². The van der Waals surface area contributed by atoms with Gasteiger partial charge < -0.3 is 73.0 Å². The maximum Gasteiger partial charge on any atom is 0.313 e. The number of esters is 1. The van der Waals surface area contributed by atoms with E-state index < -0.39 is 51.4 Å². The molecular weight excluding hydrogens is 1210 g/mol. The maximum absolute atomic E-state index is 13.9. The van der Waals surface area contributed by atoms with E-state index in [2.05, 4.69) is 24.9 Å². The van der Waals surface area contributed by atoms with E-state index in [-0.39, 0.29) is 72.8 Å². The second kappa shape index (κ2) is 41.1. The molecule has 504 valence electrons. The number of aromatic nitrogens is 1. The summed E-state index contributed by atoms with van der Waals surface area (Å²) >= 11 is 0. The molecule has 90 heavy (non-hydrogen) atoms. The van der Waals surface area contributed by atoms with Gasteiger partial charge in [-0.2, -0.15) is 13.1 Å². The number of halogens is 4. The van der Waals surface area contributed by atoms with E-state index in [0.29, 0.717) is 180 Å². The minimum atomic E-state index is -3.80. The van der Waals surface area contributed by atoms with Gasteiger partial charge in [-0.25, -0.2) is 22.2 Å². The number of nitrogens with zero attached hydrogens (tertiary/aromatic N) is 5. The van der Waals surface area contributed by atoms with Gasteiger partial charge in [0.25, 0.3) is 0 Å². The molecule has 5 rings (SSSR count). The molecule has 28 heteroatoms. The molecule has 3 aromatic rings. The smallest absolute Gasteiger partial charge is 0.313 e. The summed E-state index contributed by atoms with van der Waals surface area (Å²) in [6.45, 7) is 18.8. The molecule has 0 unspecified atom stereocenters. The minimum Gasteiger partial charge on any atom is -0.420 e. The number of sulfonamides is 1. The monoisotopic (exact) mass is 1300 g/mol. The number of nitrogens with one attached hydrogen (secondary N) is 1. The molecular formula is C62H91F4N7O16S. The Hall–Kier alpha value is -5.60. The molecule has 1 saturated heterocycles. The topological polar surface area (TPSA) is 260 Å². The van der Waals surface area contributed by atoms with Gasteiger partial charge >= 0.3 is 5.97 Å². The number of amides is 2. The Morgan fingerprint density at radius 2 is 1.19 bits per heavy atom. The zero-order valence-electron chi connectivity index (χ0n) is 52.6. The van der Waals surface area contributed by atoms with Crippen molar-refractivity contribution in [1.29, 1.82) is 0 Å². The van der Waals surface area contributed by atoms with Crippen LogP contribution in [0, 0.1) is 34.6 Å². The number of aliphatic imine (C=N–C) groups is 1. The SMILES string of the molecule is CCCN(CCCNC(=O)CC(C)(C)C)C(=O)C1=Cc2ccc(-c3cncc(S(=O)(=O)N4CC(CN(C)CCOCCOCCOCCOCCOCCOCCOCCOCCOCCOCCC(=O)Oc5c(F)c(F)cc(F)c5F)C4)c3)cc2N=C(N)C1. The summed E-state index contributed by atoms with van der Waals surface area (Å²) in [6, 6.07) is 7.18. The molecule has 0 saturated carbocycles. The average molecular weight is 1300 g/mol. The normalized spacial score (nSPS) is 13.8. The van der Waals surface area contributed by atoms with Crippen LogP contribution in [0.3, 0.4) is 0 Å². The molecule has 0 aliphatic carbocycles. The van der Waals surface area contributed by atoms with Crippen molar-refractivity contribution in [2.45, 2.75) is 64.7 Å². The Kier molecular flexibility index (Phi) is 34.3. The van der Waals surface area contributed by atoms with Crippen LogP contribution in [-0.2, 0) is 71.8 Å². The van der Waals surface area contributed by atoms with Gasteiger partial charge in [-0.1, -0.05) is 39.8 Å². The number of likely N-dealkylation sites (N-methyl/N-ethyl adjacent to an activating group) is 1. The van der Waals surface area contributed by atoms with Crippen LogP contribution in [0.2, 0.25) is 0 Å². The zero-order chi connectivity index (χ0) is 65.2. The predicted molar refractivity (Wildman–Crippen MR) is 327 cm³/mol. The van der Waals surface area contributed by atoms with Crippen molar-refractivity contribution in [3.63, 3.8) is 0 Å². The standard InChI is InChI=1S/C62H91F4N7O16S/c1-6-12-72(13-7-11-69-56(74)40-62(2,3)4)61(76)49-35-48-9-8-47(37-54(48)70-55(67)38-49)50-36-51(42-68-41-50)90(77,78)73-44-46(45-73)43-71(5)14-16-80-18-20-82-22-24-84-26-28-86-30-32-88-34-33-87-31-29-85-27-25-83-23-21-81-19-17-79-15-10-57(75)89-60-58(65)52(63)39-53(64)59(60)66/h8-9,35-37,39,41-42,46H,6-7,10-34,38,40,43-45H2,1-5H3,(H2,67,70)(H,69,74). The van der Waals surface area contributed by atoms with E-state index >= 15 is 0 Å². The number of carbonyl (C=O) groups is 3. The maximum atomic E-state index is 13.9. The van der Waals surface area contributed by atoms with Crippen LogP contribution in [0.25, 0.3) is 17.2 Å². The summed E-state index contributed by atoms with van der Waals surface area (Å²) in [5.74, 6) is -9.21. The number of carbonyl (C=O) groups excluding carboxylic acids is 3. The first kappa shape index (κ1) is 75.1. The fourth-order valence-corrected chi connectivity index (χ4v) is 10.6. The first-order chi connectivity index (χ1) is 43.2. The first-order valence-electron chi connectivity index (χ1n) is 30.4. The van der Waals surface area contributed by atoms with Gasteiger partial charge in [0.1, 0.15) is 10.7 Å². The quantitative estimate of drug-likeness (QED) is 0.0217. The van der Waals surface area contributed by atoms with E-state index in [9.17, 15) is 40.4 Å². The number of nitrogens with two attached hydrogens (primary N) is 1. The van der Waals surface area contributed by atoms with Crippen molar-refractivity contribution in [3.05, 3.63) is 77.1 Å². The van der Waals surface area contributed by atoms with Crippen LogP contribution < -0.4 is 15.8 Å². The number of benzene rings is 2. The Morgan fingerprint density at radius 3 is 1.70 bits per heavy atom. The lowest BCUT2D eigenvalue weighted by atomic mass is 9.92. The lowest BCUT2D eigenvalue weighted by Gasteiger charge is -2.39. The Balaban J connectivity index is 0.792. The first-order valence-corrected chi connectivity index (χ1v) is 31.9. The lowest BCUT2D eigenvalue weighted by molar-refractivity contribution is -0.136. The molecule has 2 aliphatic heterocycles. The van der Waals surface area contributed by atoms with Crippen LogP contribution in [0.15, 0.2) is 58.2 Å². The van der Waals surface area contributed by atoms with Gasteiger partial charge in [-0.05, 0) is 55.0 Å². The Bertz CT molecular complexity index is 2820. The van der Waals surface area contributed by atoms with E-state index in [1.807, 2.05) is 59.0 Å². The highest BCUT2D eigenvalue weighted by Crippen LogP contribution is 2.34. The predicted octanol–water partition coefficient (Wildman–Crippen LogP) is 5.98. The van der Waals surface area contributed by atoms with Crippen molar-refractivity contribution in [2.24, 2.45) is 22.1 Å². The largest absolute Gasteiger partial charge is 0.420 e. The molecule has 23 nitrogen and oxygen atoms in total. The summed E-state index contributed by atoms with van der Waals surface area (Å²) in [7, 11) is -1.81. The fourth-order valence-electron chi connectivity index (χ4n) is 9.03. The van der Waals surface area contributed by atoms with E-state index in [1.54, 1.807) is 17.2 Å². The second-order valence-corrected chi connectivity index (χ2v) is 24.4.